The van der Waals surface area contributed by atoms with Crippen molar-refractivity contribution in [1.82, 2.24) is 20.5 Å². The summed E-state index contributed by atoms with van der Waals surface area (Å²) in [4.78, 5) is 18.0. The predicted molar refractivity (Wildman–Crippen MR) is 125 cm³/mol. The number of nitrogens with zero attached hydrogens (tertiary/aromatic N) is 3. The summed E-state index contributed by atoms with van der Waals surface area (Å²) in [7, 11) is 0. The first-order valence-corrected chi connectivity index (χ1v) is 11.5. The van der Waals surface area contributed by atoms with Gasteiger partial charge in [0, 0.05) is 23.0 Å². The highest BCUT2D eigenvalue weighted by Crippen LogP contribution is 2.27. The Bertz CT molecular complexity index is 1070. The lowest BCUT2D eigenvalue weighted by atomic mass is 9.96. The molecule has 1 saturated heterocycles. The van der Waals surface area contributed by atoms with Crippen molar-refractivity contribution < 1.29 is 19.3 Å². The predicted octanol–water partition coefficient (Wildman–Crippen LogP) is 4.31. The lowest BCUT2D eigenvalue weighted by Crippen LogP contribution is -2.32. The first-order chi connectivity index (χ1) is 16.1. The zero-order valence-corrected chi connectivity index (χ0v) is 19.6. The highest BCUT2D eigenvalue weighted by atomic mass is 79.9. The van der Waals surface area contributed by atoms with E-state index in [4.69, 9.17) is 14.5 Å². The Morgan fingerprint density at radius 3 is 2.61 bits per heavy atom. The molecular formula is C24H25BrN4O4. The van der Waals surface area contributed by atoms with Crippen LogP contribution >= 0.6 is 15.9 Å². The van der Waals surface area contributed by atoms with Gasteiger partial charge in [0.05, 0.1) is 0 Å². The molecule has 172 valence electrons. The molecule has 33 heavy (non-hydrogen) atoms. The van der Waals surface area contributed by atoms with Gasteiger partial charge in [-0.1, -0.05) is 45.4 Å². The lowest BCUT2D eigenvalue weighted by Gasteiger charge is -2.30. The van der Waals surface area contributed by atoms with Crippen LogP contribution in [-0.4, -0.2) is 39.2 Å². The Balaban J connectivity index is 1.23. The zero-order valence-electron chi connectivity index (χ0n) is 18.0. The molecule has 0 spiro atoms. The number of hydroxylamine groups is 1. The molecule has 8 nitrogen and oxygen atoms in total. The summed E-state index contributed by atoms with van der Waals surface area (Å²) in [6.07, 6.45) is 4.82. The standard InChI is InChI=1S/C24H25BrN4O4/c25-20-6-1-18(2-7-20)15-29-13-11-19(12-14-29)24-26-23(33-28-24)16-32-21-8-3-17(4-9-21)5-10-22(30)27-31/h1-10,19,31H,11-16H2,(H,27,30)/b10-5+. The molecule has 0 unspecified atom stereocenters. The second-order valence-corrected chi connectivity index (χ2v) is 8.81. The summed E-state index contributed by atoms with van der Waals surface area (Å²) < 4.78 is 12.2. The average Bonchev–Trinajstić information content (AvgIpc) is 3.33. The summed E-state index contributed by atoms with van der Waals surface area (Å²) in [6.45, 7) is 3.15. The van der Waals surface area contributed by atoms with Crippen LogP contribution in [-0.2, 0) is 17.9 Å². The van der Waals surface area contributed by atoms with E-state index in [0.717, 1.165) is 48.3 Å². The van der Waals surface area contributed by atoms with Gasteiger partial charge >= 0.3 is 0 Å². The number of halogens is 1. The van der Waals surface area contributed by atoms with E-state index in [2.05, 4.69) is 55.2 Å². The van der Waals surface area contributed by atoms with E-state index in [1.165, 1.54) is 11.6 Å². The van der Waals surface area contributed by atoms with Crippen molar-refractivity contribution in [3.05, 3.63) is 81.9 Å². The smallest absolute Gasteiger partial charge is 0.267 e. The van der Waals surface area contributed by atoms with Crippen molar-refractivity contribution in [3.8, 4) is 5.75 Å². The molecule has 0 saturated carbocycles. The van der Waals surface area contributed by atoms with E-state index >= 15 is 0 Å². The first-order valence-electron chi connectivity index (χ1n) is 10.7. The third kappa shape index (κ3) is 6.74. The fourth-order valence-electron chi connectivity index (χ4n) is 3.72. The van der Waals surface area contributed by atoms with Crippen LogP contribution in [0.15, 0.2) is 63.6 Å². The minimum atomic E-state index is -0.585. The van der Waals surface area contributed by atoms with Gasteiger partial charge in [0.1, 0.15) is 5.75 Å². The summed E-state index contributed by atoms with van der Waals surface area (Å²) in [6, 6.07) is 15.6. The van der Waals surface area contributed by atoms with Crippen molar-refractivity contribution in [2.45, 2.75) is 31.9 Å². The number of hydrogen-bond acceptors (Lipinski definition) is 7. The molecule has 1 fully saturated rings. The van der Waals surface area contributed by atoms with E-state index in [9.17, 15) is 4.79 Å². The van der Waals surface area contributed by atoms with Crippen molar-refractivity contribution in [1.29, 1.82) is 0 Å². The number of rotatable bonds is 8. The van der Waals surface area contributed by atoms with E-state index in [0.29, 0.717) is 17.6 Å². The molecule has 2 heterocycles. The van der Waals surface area contributed by atoms with Gasteiger partial charge in [-0.25, -0.2) is 5.48 Å². The maximum absolute atomic E-state index is 11.0. The Morgan fingerprint density at radius 2 is 1.91 bits per heavy atom. The molecule has 9 heteroatoms. The summed E-state index contributed by atoms with van der Waals surface area (Å²) in [5.41, 5.74) is 3.66. The third-order valence-corrected chi connectivity index (χ3v) is 6.06. The van der Waals surface area contributed by atoms with Crippen LogP contribution in [0.1, 0.15) is 41.6 Å². The van der Waals surface area contributed by atoms with Gasteiger partial charge in [0.25, 0.3) is 11.8 Å². The Kier molecular flexibility index (Phi) is 7.87. The Hall–Kier alpha value is -3.01. The molecule has 4 rings (SSSR count). The van der Waals surface area contributed by atoms with Crippen LogP contribution < -0.4 is 10.2 Å². The number of likely N-dealkylation sites (tertiary alicyclic amines) is 1. The number of aromatic nitrogens is 2. The molecule has 0 atom stereocenters. The highest BCUT2D eigenvalue weighted by Gasteiger charge is 2.24. The monoisotopic (exact) mass is 512 g/mol. The van der Waals surface area contributed by atoms with E-state index in [1.54, 1.807) is 35.8 Å². The molecule has 0 bridgehead atoms. The Morgan fingerprint density at radius 1 is 1.18 bits per heavy atom. The number of piperidine rings is 1. The number of benzene rings is 2. The number of amides is 1. The fourth-order valence-corrected chi connectivity index (χ4v) is 3.98. The van der Waals surface area contributed by atoms with Crippen LogP contribution in [0.2, 0.25) is 0 Å². The second-order valence-electron chi connectivity index (χ2n) is 7.89. The molecule has 1 aliphatic rings. The Labute approximate surface area is 200 Å². The number of hydrogen-bond donors (Lipinski definition) is 2. The van der Waals surface area contributed by atoms with Crippen LogP contribution in [0, 0.1) is 0 Å². The number of nitrogens with one attached hydrogen (secondary N) is 1. The lowest BCUT2D eigenvalue weighted by molar-refractivity contribution is -0.124. The third-order valence-electron chi connectivity index (χ3n) is 5.54. The van der Waals surface area contributed by atoms with Gasteiger partial charge < -0.3 is 9.26 Å². The maximum atomic E-state index is 11.0. The van der Waals surface area contributed by atoms with Crippen LogP contribution in [0.25, 0.3) is 6.08 Å². The molecule has 2 aromatic carbocycles. The quantitative estimate of drug-likeness (QED) is 0.263. The normalized spacial score (nSPS) is 15.1. The second kappa shape index (κ2) is 11.2. The van der Waals surface area contributed by atoms with Gasteiger partial charge in [0.2, 0.25) is 0 Å². The number of carbonyl (C=O) groups is 1. The van der Waals surface area contributed by atoms with Crippen molar-refractivity contribution in [2.24, 2.45) is 0 Å². The maximum Gasteiger partial charge on any atom is 0.267 e. The van der Waals surface area contributed by atoms with Crippen molar-refractivity contribution in [3.63, 3.8) is 0 Å². The summed E-state index contributed by atoms with van der Waals surface area (Å²) in [5.74, 6) is 1.56. The molecule has 1 amide bonds. The van der Waals surface area contributed by atoms with Crippen LogP contribution in [0.3, 0.4) is 0 Å². The minimum Gasteiger partial charge on any atom is -0.484 e. The molecule has 3 aromatic rings. The first kappa shape index (κ1) is 23.2. The van der Waals surface area contributed by atoms with Crippen LogP contribution in [0.4, 0.5) is 0 Å². The largest absolute Gasteiger partial charge is 0.484 e. The van der Waals surface area contributed by atoms with Crippen LogP contribution in [0.5, 0.6) is 5.75 Å². The summed E-state index contributed by atoms with van der Waals surface area (Å²) in [5, 5.41) is 12.7. The average molecular weight is 513 g/mol. The van der Waals surface area contributed by atoms with Crippen molar-refractivity contribution in [2.75, 3.05) is 13.1 Å². The topological polar surface area (TPSA) is 101 Å². The molecule has 0 aliphatic carbocycles. The number of carbonyl (C=O) groups excluding carboxylic acids is 1. The van der Waals surface area contributed by atoms with Gasteiger partial charge in [-0.15, -0.1) is 0 Å². The zero-order chi connectivity index (χ0) is 23.0. The minimum absolute atomic E-state index is 0.192. The van der Waals surface area contributed by atoms with Gasteiger partial charge in [0.15, 0.2) is 12.4 Å². The van der Waals surface area contributed by atoms with E-state index < -0.39 is 5.91 Å². The molecule has 0 radical (unpaired) electrons. The van der Waals surface area contributed by atoms with Gasteiger partial charge in [-0.05, 0) is 67.4 Å². The highest BCUT2D eigenvalue weighted by molar-refractivity contribution is 9.10. The summed E-state index contributed by atoms with van der Waals surface area (Å²) >= 11 is 3.48. The molecule has 1 aromatic heterocycles. The molecule has 1 aliphatic heterocycles. The van der Waals surface area contributed by atoms with Gasteiger partial charge in [-0.3, -0.25) is 14.9 Å². The van der Waals surface area contributed by atoms with Crippen molar-refractivity contribution >= 4 is 27.9 Å². The molecule has 2 N–H and O–H groups in total. The fraction of sp³-hybridized carbons (Fsp3) is 0.292. The molecular weight excluding hydrogens is 488 g/mol. The van der Waals surface area contributed by atoms with E-state index in [-0.39, 0.29) is 6.61 Å². The SMILES string of the molecule is O=C(/C=C/c1ccc(OCc2nc(C3CCN(Cc4ccc(Br)cc4)CC3)no2)cc1)NO. The number of ether oxygens (including phenoxy) is 1. The van der Waals surface area contributed by atoms with E-state index in [1.807, 2.05) is 0 Å². The van der Waals surface area contributed by atoms with Gasteiger partial charge in [-0.2, -0.15) is 4.98 Å².